The van der Waals surface area contributed by atoms with Gasteiger partial charge in [-0.1, -0.05) is 12.1 Å². The molecule has 3 heteroatoms. The summed E-state index contributed by atoms with van der Waals surface area (Å²) in [5.41, 5.74) is 2.22. The van der Waals surface area contributed by atoms with Gasteiger partial charge in [-0.25, -0.2) is 0 Å². The number of fused-ring (bicyclic) bond motifs is 1. The van der Waals surface area contributed by atoms with Crippen LogP contribution >= 0.6 is 0 Å². The molecule has 0 aromatic heterocycles. The Morgan fingerprint density at radius 2 is 2.29 bits per heavy atom. The van der Waals surface area contributed by atoms with Crippen LogP contribution < -0.4 is 4.74 Å². The molecule has 0 spiro atoms. The molecule has 0 saturated carbocycles. The number of hydrogen-bond donors (Lipinski definition) is 1. The van der Waals surface area contributed by atoms with Crippen LogP contribution in [0.1, 0.15) is 18.1 Å². The SMILES string of the molecule is Cc1cccc2c1CO[C@@](C)(CO)O2. The van der Waals surface area contributed by atoms with E-state index in [4.69, 9.17) is 14.6 Å². The van der Waals surface area contributed by atoms with Crippen molar-refractivity contribution < 1.29 is 14.6 Å². The zero-order valence-corrected chi connectivity index (χ0v) is 8.41. The lowest BCUT2D eigenvalue weighted by Crippen LogP contribution is -2.42. The highest BCUT2D eigenvalue weighted by molar-refractivity contribution is 5.40. The summed E-state index contributed by atoms with van der Waals surface area (Å²) in [4.78, 5) is 0. The largest absolute Gasteiger partial charge is 0.460 e. The molecule has 76 valence electrons. The fraction of sp³-hybridized carbons (Fsp3) is 0.455. The maximum Gasteiger partial charge on any atom is 0.231 e. The number of aryl methyl sites for hydroxylation is 1. The fourth-order valence-electron chi connectivity index (χ4n) is 1.52. The van der Waals surface area contributed by atoms with Gasteiger partial charge in [-0.15, -0.1) is 0 Å². The highest BCUT2D eigenvalue weighted by atomic mass is 16.7. The van der Waals surface area contributed by atoms with E-state index in [-0.39, 0.29) is 6.61 Å². The number of rotatable bonds is 1. The summed E-state index contributed by atoms with van der Waals surface area (Å²) < 4.78 is 11.0. The van der Waals surface area contributed by atoms with Gasteiger partial charge in [-0.3, -0.25) is 0 Å². The fourth-order valence-corrected chi connectivity index (χ4v) is 1.52. The molecule has 0 radical (unpaired) electrons. The third-order valence-electron chi connectivity index (χ3n) is 2.50. The van der Waals surface area contributed by atoms with Crippen LogP contribution in [0.3, 0.4) is 0 Å². The topological polar surface area (TPSA) is 38.7 Å². The first kappa shape index (κ1) is 9.49. The summed E-state index contributed by atoms with van der Waals surface area (Å²) in [6, 6.07) is 5.86. The number of benzene rings is 1. The zero-order valence-electron chi connectivity index (χ0n) is 8.41. The van der Waals surface area contributed by atoms with Gasteiger partial charge in [0.1, 0.15) is 12.4 Å². The van der Waals surface area contributed by atoms with Gasteiger partial charge in [0.25, 0.3) is 0 Å². The molecule has 1 aliphatic heterocycles. The Balaban J connectivity index is 2.36. The normalized spacial score (nSPS) is 25.4. The second-order valence-corrected chi connectivity index (χ2v) is 3.73. The minimum absolute atomic E-state index is 0.139. The Kier molecular flexibility index (Phi) is 2.21. The molecule has 0 amide bonds. The quantitative estimate of drug-likeness (QED) is 0.738. The third kappa shape index (κ3) is 1.49. The molecule has 0 aliphatic carbocycles. The second kappa shape index (κ2) is 3.26. The molecule has 1 N–H and O–H groups in total. The van der Waals surface area contributed by atoms with Crippen molar-refractivity contribution in [1.82, 2.24) is 0 Å². The van der Waals surface area contributed by atoms with Gasteiger partial charge in [0.15, 0.2) is 0 Å². The van der Waals surface area contributed by atoms with Crippen LogP contribution in [-0.2, 0) is 11.3 Å². The van der Waals surface area contributed by atoms with Gasteiger partial charge in [0.05, 0.1) is 6.61 Å². The molecule has 1 heterocycles. The van der Waals surface area contributed by atoms with E-state index < -0.39 is 5.79 Å². The molecule has 2 rings (SSSR count). The van der Waals surface area contributed by atoms with Gasteiger partial charge in [0.2, 0.25) is 5.79 Å². The predicted octanol–water partition coefficient (Wildman–Crippen LogP) is 1.61. The smallest absolute Gasteiger partial charge is 0.231 e. The Hall–Kier alpha value is -1.06. The molecule has 0 bridgehead atoms. The van der Waals surface area contributed by atoms with Crippen molar-refractivity contribution >= 4 is 0 Å². The molecular formula is C11H14O3. The van der Waals surface area contributed by atoms with E-state index in [9.17, 15) is 0 Å². The third-order valence-corrected chi connectivity index (χ3v) is 2.50. The molecule has 1 aromatic rings. The number of aliphatic hydroxyl groups is 1. The van der Waals surface area contributed by atoms with Crippen LogP contribution in [0.4, 0.5) is 0 Å². The lowest BCUT2D eigenvalue weighted by Gasteiger charge is -2.34. The summed E-state index contributed by atoms with van der Waals surface area (Å²) in [5.74, 6) is -0.0753. The van der Waals surface area contributed by atoms with E-state index in [1.54, 1.807) is 6.92 Å². The van der Waals surface area contributed by atoms with E-state index in [0.717, 1.165) is 16.9 Å². The average molecular weight is 194 g/mol. The maximum atomic E-state index is 9.10. The number of ether oxygens (including phenoxy) is 2. The van der Waals surface area contributed by atoms with E-state index >= 15 is 0 Å². The zero-order chi connectivity index (χ0) is 10.2. The van der Waals surface area contributed by atoms with Crippen molar-refractivity contribution in [3.8, 4) is 5.75 Å². The average Bonchev–Trinajstić information content (AvgIpc) is 2.18. The Morgan fingerprint density at radius 3 is 3.00 bits per heavy atom. The highest BCUT2D eigenvalue weighted by Gasteiger charge is 2.32. The van der Waals surface area contributed by atoms with Gasteiger partial charge >= 0.3 is 0 Å². The molecule has 0 unspecified atom stereocenters. The van der Waals surface area contributed by atoms with Crippen LogP contribution in [0, 0.1) is 6.92 Å². The van der Waals surface area contributed by atoms with Gasteiger partial charge < -0.3 is 14.6 Å². The summed E-state index contributed by atoms with van der Waals surface area (Å²) >= 11 is 0. The molecule has 3 nitrogen and oxygen atoms in total. The van der Waals surface area contributed by atoms with Crippen molar-refractivity contribution in [2.75, 3.05) is 6.61 Å². The van der Waals surface area contributed by atoms with Crippen molar-refractivity contribution in [3.05, 3.63) is 29.3 Å². The molecule has 0 fully saturated rings. The summed E-state index contributed by atoms with van der Waals surface area (Å²) in [7, 11) is 0. The van der Waals surface area contributed by atoms with Gasteiger partial charge in [-0.2, -0.15) is 0 Å². The van der Waals surface area contributed by atoms with Crippen molar-refractivity contribution in [3.63, 3.8) is 0 Å². The van der Waals surface area contributed by atoms with E-state index in [2.05, 4.69) is 0 Å². The van der Waals surface area contributed by atoms with Gasteiger partial charge in [-0.05, 0) is 18.6 Å². The van der Waals surface area contributed by atoms with Crippen molar-refractivity contribution in [2.24, 2.45) is 0 Å². The highest BCUT2D eigenvalue weighted by Crippen LogP contribution is 2.32. The monoisotopic (exact) mass is 194 g/mol. The maximum absolute atomic E-state index is 9.10. The Bertz CT molecular complexity index is 348. The predicted molar refractivity (Wildman–Crippen MR) is 52.1 cm³/mol. The summed E-state index contributed by atoms with van der Waals surface area (Å²) in [6.07, 6.45) is 0. The summed E-state index contributed by atoms with van der Waals surface area (Å²) in [5, 5.41) is 9.10. The van der Waals surface area contributed by atoms with Crippen LogP contribution in [0.25, 0.3) is 0 Å². The van der Waals surface area contributed by atoms with Crippen molar-refractivity contribution in [1.29, 1.82) is 0 Å². The molecule has 1 atom stereocenters. The number of aliphatic hydroxyl groups excluding tert-OH is 1. The van der Waals surface area contributed by atoms with E-state index in [1.807, 2.05) is 25.1 Å². The van der Waals surface area contributed by atoms with Crippen LogP contribution in [-0.4, -0.2) is 17.5 Å². The first-order valence-electron chi connectivity index (χ1n) is 4.67. The van der Waals surface area contributed by atoms with Crippen LogP contribution in [0.2, 0.25) is 0 Å². The molecular weight excluding hydrogens is 180 g/mol. The number of hydrogen-bond acceptors (Lipinski definition) is 3. The molecule has 1 aliphatic rings. The van der Waals surface area contributed by atoms with Crippen LogP contribution in [0.15, 0.2) is 18.2 Å². The van der Waals surface area contributed by atoms with E-state index in [0.29, 0.717) is 6.61 Å². The standard InChI is InChI=1S/C11H14O3/c1-8-4-3-5-10-9(8)6-13-11(2,7-12)14-10/h3-5,12H,6-7H2,1-2H3/t11-/m1/s1. The molecule has 14 heavy (non-hydrogen) atoms. The van der Waals surface area contributed by atoms with E-state index in [1.165, 1.54) is 0 Å². The molecule has 1 aromatic carbocycles. The summed E-state index contributed by atoms with van der Waals surface area (Å²) in [6.45, 7) is 4.12. The minimum atomic E-state index is -0.888. The Morgan fingerprint density at radius 1 is 1.50 bits per heavy atom. The second-order valence-electron chi connectivity index (χ2n) is 3.73. The lowest BCUT2D eigenvalue weighted by atomic mass is 10.1. The first-order chi connectivity index (χ1) is 6.64. The Labute approximate surface area is 83.3 Å². The minimum Gasteiger partial charge on any atom is -0.460 e. The first-order valence-corrected chi connectivity index (χ1v) is 4.67. The van der Waals surface area contributed by atoms with Gasteiger partial charge in [0, 0.05) is 12.5 Å². The van der Waals surface area contributed by atoms with Crippen LogP contribution in [0.5, 0.6) is 5.75 Å². The van der Waals surface area contributed by atoms with Crippen molar-refractivity contribution in [2.45, 2.75) is 26.2 Å². The lowest BCUT2D eigenvalue weighted by molar-refractivity contribution is -0.213. The molecule has 0 saturated heterocycles.